The lowest BCUT2D eigenvalue weighted by Crippen LogP contribution is -2.31. The summed E-state index contributed by atoms with van der Waals surface area (Å²) in [6.45, 7) is 4.05. The van der Waals surface area contributed by atoms with Crippen molar-refractivity contribution in [2.24, 2.45) is 0 Å². The van der Waals surface area contributed by atoms with E-state index in [1.165, 1.54) is 0 Å². The number of nitrogens with zero attached hydrogens (tertiary/aromatic N) is 4. The van der Waals surface area contributed by atoms with E-state index in [9.17, 15) is 10.1 Å². The van der Waals surface area contributed by atoms with Crippen LogP contribution in [0.4, 0.5) is 11.5 Å². The summed E-state index contributed by atoms with van der Waals surface area (Å²) in [6, 6.07) is 0.194. The summed E-state index contributed by atoms with van der Waals surface area (Å²) >= 11 is 5.69. The van der Waals surface area contributed by atoms with Crippen LogP contribution in [0.1, 0.15) is 26.7 Å². The van der Waals surface area contributed by atoms with Crippen LogP contribution in [-0.4, -0.2) is 28.0 Å². The van der Waals surface area contributed by atoms with Gasteiger partial charge in [-0.3, -0.25) is 10.1 Å². The normalized spacial score (nSPS) is 10.6. The van der Waals surface area contributed by atoms with Crippen LogP contribution in [0.15, 0.2) is 6.20 Å². The quantitative estimate of drug-likeness (QED) is 0.461. The summed E-state index contributed by atoms with van der Waals surface area (Å²) in [7, 11) is 1.78. The van der Waals surface area contributed by atoms with Gasteiger partial charge >= 0.3 is 5.69 Å². The van der Waals surface area contributed by atoms with Crippen LogP contribution < -0.4 is 4.90 Å². The zero-order chi connectivity index (χ0) is 13.0. The molecule has 0 radical (unpaired) electrons. The molecule has 0 saturated heterocycles. The molecule has 1 rings (SSSR count). The van der Waals surface area contributed by atoms with Crippen LogP contribution in [0.25, 0.3) is 0 Å². The Kier molecular flexibility index (Phi) is 4.62. The minimum absolute atomic E-state index is 0.0170. The summed E-state index contributed by atoms with van der Waals surface area (Å²) in [5, 5.41) is 10.9. The lowest BCUT2D eigenvalue weighted by Gasteiger charge is -2.26. The third kappa shape index (κ3) is 3.03. The molecule has 7 heteroatoms. The average molecular weight is 259 g/mol. The van der Waals surface area contributed by atoms with Crippen LogP contribution in [0.5, 0.6) is 0 Å². The number of nitro groups is 1. The molecule has 1 aromatic rings. The summed E-state index contributed by atoms with van der Waals surface area (Å²) < 4.78 is 0. The van der Waals surface area contributed by atoms with Crippen LogP contribution in [0.2, 0.25) is 5.28 Å². The van der Waals surface area contributed by atoms with Gasteiger partial charge in [0.25, 0.3) is 0 Å². The fourth-order valence-electron chi connectivity index (χ4n) is 1.74. The van der Waals surface area contributed by atoms with Gasteiger partial charge in [0.1, 0.15) is 6.20 Å². The average Bonchev–Trinajstić information content (AvgIpc) is 2.29. The monoisotopic (exact) mass is 258 g/mol. The van der Waals surface area contributed by atoms with Crippen LogP contribution in [-0.2, 0) is 0 Å². The highest BCUT2D eigenvalue weighted by Gasteiger charge is 2.23. The molecule has 0 aliphatic rings. The Balaban J connectivity index is 3.18. The first kappa shape index (κ1) is 13.6. The van der Waals surface area contributed by atoms with Gasteiger partial charge in [-0.2, -0.15) is 4.98 Å². The van der Waals surface area contributed by atoms with Gasteiger partial charge in [0.15, 0.2) is 0 Å². The second-order valence-corrected chi connectivity index (χ2v) is 4.02. The highest BCUT2D eigenvalue weighted by atomic mass is 35.5. The van der Waals surface area contributed by atoms with E-state index in [-0.39, 0.29) is 22.8 Å². The largest absolute Gasteiger partial charge is 0.351 e. The Hall–Kier alpha value is -1.43. The zero-order valence-electron chi connectivity index (χ0n) is 10.1. The number of anilines is 1. The smallest absolute Gasteiger partial charge is 0.329 e. The van der Waals surface area contributed by atoms with E-state index in [2.05, 4.69) is 9.97 Å². The fraction of sp³-hybridized carbons (Fsp3) is 0.600. The summed E-state index contributed by atoms with van der Waals surface area (Å²) in [5.74, 6) is 0.267. The molecule has 0 aliphatic carbocycles. The van der Waals surface area contributed by atoms with E-state index in [4.69, 9.17) is 11.6 Å². The molecule has 0 unspecified atom stereocenters. The Bertz CT molecular complexity index is 409. The topological polar surface area (TPSA) is 72.2 Å². The van der Waals surface area contributed by atoms with E-state index in [0.29, 0.717) is 0 Å². The van der Waals surface area contributed by atoms with E-state index < -0.39 is 4.92 Å². The second-order valence-electron chi connectivity index (χ2n) is 3.69. The fourth-order valence-corrected chi connectivity index (χ4v) is 1.87. The standard InChI is InChI=1S/C10H15ClN4O2/c1-4-7(5-2)14(3)9-8(15(16)17)6-12-10(11)13-9/h6-7H,4-5H2,1-3H3. The molecule has 0 aromatic carbocycles. The van der Waals surface area contributed by atoms with E-state index in [0.717, 1.165) is 19.0 Å². The SMILES string of the molecule is CCC(CC)N(C)c1nc(Cl)ncc1[N+](=O)[O-]. The van der Waals surface area contributed by atoms with Crippen molar-refractivity contribution in [3.05, 3.63) is 21.6 Å². The van der Waals surface area contributed by atoms with Crippen LogP contribution in [0, 0.1) is 10.1 Å². The van der Waals surface area contributed by atoms with Gasteiger partial charge in [-0.1, -0.05) is 13.8 Å². The molecular formula is C10H15ClN4O2. The van der Waals surface area contributed by atoms with Crippen molar-refractivity contribution in [3.63, 3.8) is 0 Å². The number of rotatable bonds is 5. The molecule has 0 amide bonds. The molecule has 94 valence electrons. The summed E-state index contributed by atoms with van der Waals surface area (Å²) in [5.41, 5.74) is -0.121. The molecule has 0 fully saturated rings. The molecule has 6 nitrogen and oxygen atoms in total. The predicted octanol–water partition coefficient (Wildman–Crippen LogP) is 2.66. The maximum Gasteiger partial charge on any atom is 0.329 e. The zero-order valence-corrected chi connectivity index (χ0v) is 10.8. The Morgan fingerprint density at radius 2 is 2.12 bits per heavy atom. The minimum atomic E-state index is -0.495. The number of hydrogen-bond donors (Lipinski definition) is 0. The van der Waals surface area contributed by atoms with Crippen molar-refractivity contribution < 1.29 is 4.92 Å². The first-order chi connectivity index (χ1) is 8.01. The molecule has 0 N–H and O–H groups in total. The third-order valence-electron chi connectivity index (χ3n) is 2.74. The predicted molar refractivity (Wildman–Crippen MR) is 66.5 cm³/mol. The van der Waals surface area contributed by atoms with Crippen molar-refractivity contribution in [2.75, 3.05) is 11.9 Å². The van der Waals surface area contributed by atoms with Gasteiger partial charge in [-0.05, 0) is 24.4 Å². The van der Waals surface area contributed by atoms with Gasteiger partial charge in [0, 0.05) is 13.1 Å². The van der Waals surface area contributed by atoms with E-state index in [1.807, 2.05) is 13.8 Å². The molecule has 17 heavy (non-hydrogen) atoms. The van der Waals surface area contributed by atoms with Crippen molar-refractivity contribution in [1.29, 1.82) is 0 Å². The van der Waals surface area contributed by atoms with Crippen molar-refractivity contribution >= 4 is 23.1 Å². The maximum atomic E-state index is 10.9. The third-order valence-corrected chi connectivity index (χ3v) is 2.92. The van der Waals surface area contributed by atoms with Crippen LogP contribution >= 0.6 is 11.6 Å². The van der Waals surface area contributed by atoms with Gasteiger partial charge in [-0.25, -0.2) is 4.98 Å². The lowest BCUT2D eigenvalue weighted by atomic mass is 10.1. The molecule has 0 spiro atoms. The van der Waals surface area contributed by atoms with Gasteiger partial charge < -0.3 is 4.90 Å². The summed E-state index contributed by atoms with van der Waals surface area (Å²) in [6.07, 6.45) is 2.90. The van der Waals surface area contributed by atoms with Crippen LogP contribution in [0.3, 0.4) is 0 Å². The van der Waals surface area contributed by atoms with Gasteiger partial charge in [-0.15, -0.1) is 0 Å². The van der Waals surface area contributed by atoms with Gasteiger partial charge in [0.2, 0.25) is 11.1 Å². The van der Waals surface area contributed by atoms with E-state index in [1.54, 1.807) is 11.9 Å². The highest BCUT2D eigenvalue weighted by Crippen LogP contribution is 2.27. The highest BCUT2D eigenvalue weighted by molar-refractivity contribution is 6.28. The number of hydrogen-bond acceptors (Lipinski definition) is 5. The first-order valence-corrected chi connectivity index (χ1v) is 5.78. The van der Waals surface area contributed by atoms with Gasteiger partial charge in [0.05, 0.1) is 4.92 Å². The summed E-state index contributed by atoms with van der Waals surface area (Å²) in [4.78, 5) is 19.8. The lowest BCUT2D eigenvalue weighted by molar-refractivity contribution is -0.384. The van der Waals surface area contributed by atoms with E-state index >= 15 is 0 Å². The Morgan fingerprint density at radius 1 is 1.53 bits per heavy atom. The number of halogens is 1. The number of aromatic nitrogens is 2. The molecule has 1 heterocycles. The molecule has 0 atom stereocenters. The molecule has 0 bridgehead atoms. The maximum absolute atomic E-state index is 10.9. The molecule has 0 saturated carbocycles. The second kappa shape index (κ2) is 5.77. The molecule has 1 aromatic heterocycles. The Morgan fingerprint density at radius 3 is 2.59 bits per heavy atom. The minimum Gasteiger partial charge on any atom is -0.351 e. The first-order valence-electron chi connectivity index (χ1n) is 5.41. The van der Waals surface area contributed by atoms with Crippen molar-refractivity contribution in [2.45, 2.75) is 32.7 Å². The van der Waals surface area contributed by atoms with Crippen molar-refractivity contribution in [1.82, 2.24) is 9.97 Å². The van der Waals surface area contributed by atoms with Crippen molar-refractivity contribution in [3.8, 4) is 0 Å². The molecule has 0 aliphatic heterocycles. The Labute approximate surface area is 105 Å². The molecular weight excluding hydrogens is 244 g/mol.